The Morgan fingerprint density at radius 3 is 0.775 bits per heavy atom. The molecule has 5 heteroatoms. The zero-order chi connectivity index (χ0) is 46.8. The maximum atomic E-state index is 2.48. The molecular weight excluding hydrogens is 863 g/mol. The van der Waals surface area contributed by atoms with E-state index in [2.05, 4.69) is 296 Å². The van der Waals surface area contributed by atoms with Crippen LogP contribution >= 0.6 is 0 Å². The van der Waals surface area contributed by atoms with Gasteiger partial charge in [-0.25, -0.2) is 0 Å². The minimum absolute atomic E-state index is 1.03. The van der Waals surface area contributed by atoms with E-state index in [1.807, 2.05) is 0 Å². The summed E-state index contributed by atoms with van der Waals surface area (Å²) in [6.07, 6.45) is 0. The largest absolute Gasteiger partial charge is 0.310 e. The van der Waals surface area contributed by atoms with Gasteiger partial charge in [-0.1, -0.05) is 146 Å². The third-order valence-corrected chi connectivity index (χ3v) is 14.1. The molecule has 0 saturated carbocycles. The van der Waals surface area contributed by atoms with Crippen molar-refractivity contribution in [1.82, 2.24) is 13.7 Å². The third-order valence-electron chi connectivity index (χ3n) is 14.1. The maximum Gasteiger partial charge on any atom is 0.0542 e. The van der Waals surface area contributed by atoms with Gasteiger partial charge in [0, 0.05) is 66.4 Å². The van der Waals surface area contributed by atoms with Crippen molar-refractivity contribution in [2.45, 2.75) is 0 Å². The lowest BCUT2D eigenvalue weighted by molar-refractivity contribution is 1.15. The molecule has 0 bridgehead atoms. The fourth-order valence-electron chi connectivity index (χ4n) is 11.1. The summed E-state index contributed by atoms with van der Waals surface area (Å²) in [5, 5.41) is 7.30. The van der Waals surface area contributed by atoms with Crippen molar-refractivity contribution in [2.75, 3.05) is 9.80 Å². The first kappa shape index (κ1) is 40.5. The molecule has 14 aromatic rings. The van der Waals surface area contributed by atoms with Crippen LogP contribution < -0.4 is 9.80 Å². The van der Waals surface area contributed by atoms with Crippen LogP contribution in [0.25, 0.3) is 82.5 Å². The molecule has 0 atom stereocenters. The SMILES string of the molecule is c1ccc(N(c2ccccc2)c2cc(N(c3ccccc3)c3ccccc3)cc(-n3c4ccc(-n5c6ccccc6c6ccccc65)cc4c4cc(-n5c6ccccc6c6ccccc65)ccc43)c2)cc1. The molecule has 0 fully saturated rings. The summed E-state index contributed by atoms with van der Waals surface area (Å²) in [4.78, 5) is 4.74. The number of rotatable bonds is 9. The summed E-state index contributed by atoms with van der Waals surface area (Å²) in [7, 11) is 0. The van der Waals surface area contributed by atoms with E-state index in [4.69, 9.17) is 0 Å². The molecule has 0 saturated heterocycles. The normalized spacial score (nSPS) is 11.7. The fourth-order valence-corrected chi connectivity index (χ4v) is 11.1. The van der Waals surface area contributed by atoms with Gasteiger partial charge in [0.05, 0.1) is 50.2 Å². The van der Waals surface area contributed by atoms with Gasteiger partial charge in [0.2, 0.25) is 0 Å². The molecular formula is C66H45N5. The smallest absolute Gasteiger partial charge is 0.0542 e. The van der Waals surface area contributed by atoms with Gasteiger partial charge in [0.1, 0.15) is 0 Å². The lowest BCUT2D eigenvalue weighted by atomic mass is 10.1. The van der Waals surface area contributed by atoms with Gasteiger partial charge in [-0.05, 0) is 127 Å². The number of aromatic nitrogens is 3. The van der Waals surface area contributed by atoms with Crippen LogP contribution in [0.15, 0.2) is 273 Å². The van der Waals surface area contributed by atoms with E-state index in [1.165, 1.54) is 54.4 Å². The van der Waals surface area contributed by atoms with Crippen molar-refractivity contribution < 1.29 is 0 Å². The molecule has 334 valence electrons. The van der Waals surface area contributed by atoms with Crippen LogP contribution in [0.5, 0.6) is 0 Å². The summed E-state index contributed by atoms with van der Waals surface area (Å²) in [6, 6.07) is 99.0. The first-order valence-electron chi connectivity index (χ1n) is 24.3. The zero-order valence-electron chi connectivity index (χ0n) is 38.7. The van der Waals surface area contributed by atoms with E-state index >= 15 is 0 Å². The van der Waals surface area contributed by atoms with Crippen LogP contribution in [0.1, 0.15) is 0 Å². The van der Waals surface area contributed by atoms with Gasteiger partial charge in [-0.2, -0.15) is 0 Å². The van der Waals surface area contributed by atoms with Crippen LogP contribution in [0, 0.1) is 0 Å². The molecule has 0 unspecified atom stereocenters. The molecule has 11 aromatic carbocycles. The van der Waals surface area contributed by atoms with E-state index in [9.17, 15) is 0 Å². The molecule has 0 N–H and O–H groups in total. The van der Waals surface area contributed by atoms with Crippen molar-refractivity contribution in [3.05, 3.63) is 273 Å². The standard InChI is InChI=1S/C66H45N5/c1-5-21-46(22-6-1)67(47-23-7-2-8-24-47)52-41-53(68(48-25-9-3-10-26-48)49-27-11-4-12-28-49)43-54(42-52)71-65-39-37-50(69-61-33-17-13-29-55(61)56-30-14-18-34-62(56)69)44-59(65)60-45-51(38-40-66(60)71)70-63-35-19-15-31-57(63)58-32-16-20-36-64(58)70/h1-45H. The Kier molecular flexibility index (Phi) is 9.46. The topological polar surface area (TPSA) is 21.3 Å². The highest BCUT2D eigenvalue weighted by atomic mass is 15.2. The molecule has 71 heavy (non-hydrogen) atoms. The number of hydrogen-bond donors (Lipinski definition) is 0. The van der Waals surface area contributed by atoms with Gasteiger partial charge in [-0.3, -0.25) is 0 Å². The van der Waals surface area contributed by atoms with Crippen LogP contribution in [0.4, 0.5) is 34.1 Å². The Morgan fingerprint density at radius 1 is 0.183 bits per heavy atom. The number of fused-ring (bicyclic) bond motifs is 9. The summed E-state index contributed by atoms with van der Waals surface area (Å²) >= 11 is 0. The van der Waals surface area contributed by atoms with Gasteiger partial charge in [0.25, 0.3) is 0 Å². The molecule has 14 rings (SSSR count). The van der Waals surface area contributed by atoms with Crippen LogP contribution in [-0.2, 0) is 0 Å². The van der Waals surface area contributed by atoms with Crippen LogP contribution in [-0.4, -0.2) is 13.7 Å². The summed E-state index contributed by atoms with van der Waals surface area (Å²) in [6.45, 7) is 0. The van der Waals surface area contributed by atoms with E-state index in [1.54, 1.807) is 0 Å². The molecule has 0 aliphatic rings. The van der Waals surface area contributed by atoms with Crippen molar-refractivity contribution in [3.8, 4) is 17.1 Å². The number of benzene rings is 11. The van der Waals surface area contributed by atoms with Gasteiger partial charge in [-0.15, -0.1) is 0 Å². The number of para-hydroxylation sites is 8. The summed E-state index contributed by atoms with van der Waals surface area (Å²) < 4.78 is 7.33. The van der Waals surface area contributed by atoms with E-state index in [0.717, 1.165) is 62.2 Å². The van der Waals surface area contributed by atoms with Gasteiger partial charge >= 0.3 is 0 Å². The van der Waals surface area contributed by atoms with Crippen molar-refractivity contribution in [3.63, 3.8) is 0 Å². The molecule has 0 spiro atoms. The highest BCUT2D eigenvalue weighted by molar-refractivity contribution is 6.14. The molecule has 5 nitrogen and oxygen atoms in total. The molecule has 0 radical (unpaired) electrons. The Bertz CT molecular complexity index is 3830. The van der Waals surface area contributed by atoms with Crippen molar-refractivity contribution >= 4 is 99.5 Å². The minimum atomic E-state index is 1.03. The quantitative estimate of drug-likeness (QED) is 0.144. The summed E-state index contributed by atoms with van der Waals surface area (Å²) in [5.74, 6) is 0. The fraction of sp³-hybridized carbons (Fsp3) is 0. The Morgan fingerprint density at radius 2 is 0.451 bits per heavy atom. The van der Waals surface area contributed by atoms with E-state index in [-0.39, 0.29) is 0 Å². The molecule has 0 aliphatic heterocycles. The van der Waals surface area contributed by atoms with Gasteiger partial charge in [0.15, 0.2) is 0 Å². The Balaban J connectivity index is 1.09. The number of anilines is 6. The highest BCUT2D eigenvalue weighted by Crippen LogP contribution is 2.45. The number of nitrogens with zero attached hydrogens (tertiary/aromatic N) is 5. The second kappa shape index (κ2) is 16.6. The third kappa shape index (κ3) is 6.63. The average Bonchev–Trinajstić information content (AvgIpc) is 4.08. The monoisotopic (exact) mass is 907 g/mol. The second-order valence-corrected chi connectivity index (χ2v) is 18.2. The van der Waals surface area contributed by atoms with Crippen molar-refractivity contribution in [1.29, 1.82) is 0 Å². The van der Waals surface area contributed by atoms with Crippen LogP contribution in [0.2, 0.25) is 0 Å². The summed E-state index contributed by atoms with van der Waals surface area (Å²) in [5.41, 5.74) is 16.6. The molecule has 0 amide bonds. The second-order valence-electron chi connectivity index (χ2n) is 18.2. The molecule has 3 heterocycles. The lowest BCUT2D eigenvalue weighted by Gasteiger charge is -2.30. The molecule has 3 aromatic heterocycles. The lowest BCUT2D eigenvalue weighted by Crippen LogP contribution is -2.14. The minimum Gasteiger partial charge on any atom is -0.310 e. The maximum absolute atomic E-state index is 2.48. The average molecular weight is 908 g/mol. The predicted molar refractivity (Wildman–Crippen MR) is 299 cm³/mol. The van der Waals surface area contributed by atoms with Gasteiger partial charge < -0.3 is 23.5 Å². The zero-order valence-corrected chi connectivity index (χ0v) is 38.7. The first-order chi connectivity index (χ1) is 35.2. The Labute approximate surface area is 411 Å². The Hall–Kier alpha value is -9.58. The molecule has 0 aliphatic carbocycles. The predicted octanol–water partition coefficient (Wildman–Crippen LogP) is 17.9. The first-order valence-corrected chi connectivity index (χ1v) is 24.3. The van der Waals surface area contributed by atoms with E-state index < -0.39 is 0 Å². The van der Waals surface area contributed by atoms with Crippen LogP contribution in [0.3, 0.4) is 0 Å². The number of hydrogen-bond acceptors (Lipinski definition) is 2. The van der Waals surface area contributed by atoms with Crippen molar-refractivity contribution in [2.24, 2.45) is 0 Å². The highest BCUT2D eigenvalue weighted by Gasteiger charge is 2.23. The van der Waals surface area contributed by atoms with E-state index in [0.29, 0.717) is 0 Å².